The summed E-state index contributed by atoms with van der Waals surface area (Å²) in [6.07, 6.45) is 12.8. The van der Waals surface area contributed by atoms with Crippen molar-refractivity contribution in [3.8, 4) is 0 Å². The van der Waals surface area contributed by atoms with Crippen LogP contribution >= 0.6 is 37.2 Å². The molecule has 0 saturated heterocycles. The number of halogens is 3. The molecule has 1 aliphatic carbocycles. The van der Waals surface area contributed by atoms with E-state index in [1.807, 2.05) is 36.4 Å². The zero-order chi connectivity index (χ0) is 21.3. The first kappa shape index (κ1) is 23.5. The molecule has 0 atom stereocenters. The van der Waals surface area contributed by atoms with E-state index in [4.69, 9.17) is 4.74 Å². The van der Waals surface area contributed by atoms with Gasteiger partial charge < -0.3 is 4.74 Å². The van der Waals surface area contributed by atoms with Gasteiger partial charge in [0, 0.05) is 23.3 Å². The second kappa shape index (κ2) is 12.0. The van der Waals surface area contributed by atoms with Crippen molar-refractivity contribution in [2.45, 2.75) is 0 Å². The van der Waals surface area contributed by atoms with Crippen molar-refractivity contribution >= 4 is 54.5 Å². The molecule has 154 valence electrons. The molecule has 2 nitrogen and oxygen atoms in total. The molecule has 4 rings (SSSR count). The molecule has 0 fully saturated rings. The van der Waals surface area contributed by atoms with Crippen LogP contribution < -0.4 is 13.3 Å². The van der Waals surface area contributed by atoms with E-state index in [1.165, 1.54) is 11.3 Å². The molecule has 0 N–H and O–H groups in total. The maximum absolute atomic E-state index is 6.27. The number of ether oxygens (including phenoxy) is 1. The van der Waals surface area contributed by atoms with Crippen molar-refractivity contribution in [3.05, 3.63) is 119 Å². The normalized spacial score (nSPS) is 15.1. The third-order valence-corrected chi connectivity index (χ3v) is 4.63. The second-order valence-corrected chi connectivity index (χ2v) is 23.0. The average Bonchev–Trinajstić information content (AvgIpc) is 2.80. The van der Waals surface area contributed by atoms with Crippen molar-refractivity contribution in [2.24, 2.45) is 0 Å². The average molecular weight is 733 g/mol. The standard InChI is InChI=1S/C25H22NO.I3/c1-26(2)23-15-13-19(14-16-23)22-17-24(20-9-5-3-6-10-20)27-25(18-22)21-11-7-4-8-12-21;1-3-2/h3-18H,1-2H3;/q+1;-1. The fourth-order valence-corrected chi connectivity index (χ4v) is 3.11. The van der Waals surface area contributed by atoms with Crippen molar-refractivity contribution in [3.63, 3.8) is 0 Å². The van der Waals surface area contributed by atoms with Gasteiger partial charge in [0.15, 0.2) is 5.71 Å². The Kier molecular flexibility index (Phi) is 9.38. The van der Waals surface area contributed by atoms with Crippen molar-refractivity contribution < 1.29 is 22.6 Å². The van der Waals surface area contributed by atoms with Crippen LogP contribution in [0.2, 0.25) is 0 Å². The van der Waals surface area contributed by atoms with Gasteiger partial charge in [-0.05, 0) is 35.5 Å². The number of rotatable bonds is 2. The van der Waals surface area contributed by atoms with E-state index in [0.29, 0.717) is 13.3 Å². The van der Waals surface area contributed by atoms with Gasteiger partial charge in [-0.25, -0.2) is 4.58 Å². The number of hydrogen-bond donors (Lipinski definition) is 0. The minimum absolute atomic E-state index is 0.530. The molecule has 2 aliphatic rings. The molecular weight excluding hydrogens is 711 g/mol. The molecule has 0 aromatic heterocycles. The number of hydrogen-bond acceptors (Lipinski definition) is 1. The van der Waals surface area contributed by atoms with Crippen LogP contribution in [0.3, 0.4) is 0 Å². The molecule has 0 amide bonds. The Morgan fingerprint density at radius 2 is 1.10 bits per heavy atom. The minimum atomic E-state index is 0.530. The van der Waals surface area contributed by atoms with Crippen molar-refractivity contribution in [1.82, 2.24) is 0 Å². The fourth-order valence-electron chi connectivity index (χ4n) is 3.11. The SMILES string of the molecule is C[N+](C)=C1C=CC(=C2C=C(c3ccccc3)OC(c3ccccc3)=C2)C=C1.I[I-]I. The Balaban J connectivity index is 0.000000806. The summed E-state index contributed by atoms with van der Waals surface area (Å²) in [5.41, 5.74) is 5.64. The summed E-state index contributed by atoms with van der Waals surface area (Å²) in [4.78, 5) is 0. The zero-order valence-electron chi connectivity index (χ0n) is 16.7. The Morgan fingerprint density at radius 3 is 1.50 bits per heavy atom. The number of nitrogens with zero attached hydrogens (tertiary/aromatic N) is 1. The second-order valence-electron chi connectivity index (χ2n) is 6.80. The van der Waals surface area contributed by atoms with E-state index in [1.54, 1.807) is 0 Å². The third-order valence-electron chi connectivity index (χ3n) is 4.63. The van der Waals surface area contributed by atoms with E-state index in [9.17, 15) is 0 Å². The van der Waals surface area contributed by atoms with Crippen LogP contribution in [0.1, 0.15) is 11.1 Å². The molecular formula is C25H22I3NO. The van der Waals surface area contributed by atoms with Gasteiger partial charge in [0.1, 0.15) is 25.6 Å². The zero-order valence-corrected chi connectivity index (χ0v) is 23.2. The molecule has 1 aliphatic heterocycles. The molecule has 0 saturated carbocycles. The van der Waals surface area contributed by atoms with Gasteiger partial charge in [-0.1, -0.05) is 60.7 Å². The monoisotopic (exact) mass is 733 g/mol. The van der Waals surface area contributed by atoms with Crippen LogP contribution in [0.25, 0.3) is 11.5 Å². The summed E-state index contributed by atoms with van der Waals surface area (Å²) < 4.78 is 8.37. The van der Waals surface area contributed by atoms with E-state index < -0.39 is 0 Å². The Morgan fingerprint density at radius 1 is 0.667 bits per heavy atom. The summed E-state index contributed by atoms with van der Waals surface area (Å²) in [5, 5.41) is 0. The van der Waals surface area contributed by atoms with Gasteiger partial charge in [-0.2, -0.15) is 0 Å². The van der Waals surface area contributed by atoms with E-state index in [0.717, 1.165) is 28.2 Å². The first-order valence-corrected chi connectivity index (χ1v) is 21.9. The number of allylic oxidation sites excluding steroid dienone is 8. The fraction of sp³-hybridized carbons (Fsp3) is 0.0800. The van der Waals surface area contributed by atoms with Crippen LogP contribution in [0.5, 0.6) is 0 Å². The molecule has 0 bridgehead atoms. The quantitative estimate of drug-likeness (QED) is 0.336. The van der Waals surface area contributed by atoms with Gasteiger partial charge in [0.05, 0.1) is 0 Å². The Bertz CT molecular complexity index is 983. The molecule has 0 unspecified atom stereocenters. The third kappa shape index (κ3) is 6.40. The van der Waals surface area contributed by atoms with Gasteiger partial charge in [0.2, 0.25) is 0 Å². The van der Waals surface area contributed by atoms with Gasteiger partial charge >= 0.3 is 50.5 Å². The summed E-state index contributed by atoms with van der Waals surface area (Å²) in [6, 6.07) is 20.5. The summed E-state index contributed by atoms with van der Waals surface area (Å²) in [5.74, 6) is 1.73. The van der Waals surface area contributed by atoms with Crippen LogP contribution in [0.4, 0.5) is 0 Å². The predicted molar refractivity (Wildman–Crippen MR) is 140 cm³/mol. The topological polar surface area (TPSA) is 12.2 Å². The first-order valence-electron chi connectivity index (χ1n) is 9.36. The van der Waals surface area contributed by atoms with Crippen molar-refractivity contribution in [2.75, 3.05) is 14.1 Å². The summed E-state index contributed by atoms with van der Waals surface area (Å²) >= 11 is 5.30. The van der Waals surface area contributed by atoms with Crippen LogP contribution in [0, 0.1) is 0 Å². The van der Waals surface area contributed by atoms with Crippen LogP contribution in [-0.2, 0) is 4.74 Å². The number of benzene rings is 2. The van der Waals surface area contributed by atoms with E-state index >= 15 is 0 Å². The van der Waals surface area contributed by atoms with Crippen LogP contribution in [0.15, 0.2) is 108 Å². The molecule has 5 heteroatoms. The summed E-state index contributed by atoms with van der Waals surface area (Å²) in [7, 11) is 4.11. The van der Waals surface area contributed by atoms with Gasteiger partial charge in [-0.15, -0.1) is 0 Å². The van der Waals surface area contributed by atoms with Crippen LogP contribution in [-0.4, -0.2) is 24.4 Å². The maximum atomic E-state index is 6.27. The van der Waals surface area contributed by atoms with Crippen molar-refractivity contribution in [1.29, 1.82) is 0 Å². The molecule has 1 heterocycles. The molecule has 0 spiro atoms. The first-order chi connectivity index (χ1) is 14.6. The Hall–Kier alpha value is -1.20. The predicted octanol–water partition coefficient (Wildman–Crippen LogP) is 4.01. The molecule has 2 aromatic rings. The van der Waals surface area contributed by atoms with E-state index in [2.05, 4.69) is 117 Å². The van der Waals surface area contributed by atoms with Gasteiger partial charge in [0.25, 0.3) is 0 Å². The Labute approximate surface area is 208 Å². The molecule has 0 radical (unpaired) electrons. The van der Waals surface area contributed by atoms with Gasteiger partial charge in [-0.3, -0.25) is 0 Å². The van der Waals surface area contributed by atoms with E-state index in [-0.39, 0.29) is 0 Å². The summed E-state index contributed by atoms with van der Waals surface area (Å²) in [6.45, 7) is 0. The molecule has 2 aromatic carbocycles. The molecule has 30 heavy (non-hydrogen) atoms.